The van der Waals surface area contributed by atoms with Crippen LogP contribution in [0.5, 0.6) is 0 Å². The summed E-state index contributed by atoms with van der Waals surface area (Å²) in [4.78, 5) is 45.1. The molecule has 0 aliphatic heterocycles. The van der Waals surface area contributed by atoms with E-state index < -0.39 is 28.9 Å². The highest BCUT2D eigenvalue weighted by Crippen LogP contribution is 2.22. The van der Waals surface area contributed by atoms with Gasteiger partial charge in [-0.25, -0.2) is 14.2 Å². The topological polar surface area (TPSA) is 94.0 Å². The number of aromatic amines is 1. The minimum Gasteiger partial charge on any atom is -0.458 e. The summed E-state index contributed by atoms with van der Waals surface area (Å²) >= 11 is 0. The van der Waals surface area contributed by atoms with E-state index in [-0.39, 0.29) is 5.92 Å². The van der Waals surface area contributed by atoms with Crippen LogP contribution in [-0.4, -0.2) is 26.1 Å². The summed E-state index contributed by atoms with van der Waals surface area (Å²) in [7, 11) is 0. The Morgan fingerprint density at radius 1 is 1.27 bits per heavy atom. The first-order valence-electron chi connectivity index (χ1n) is 8.51. The van der Waals surface area contributed by atoms with Gasteiger partial charge < -0.3 is 9.72 Å². The molecule has 0 aliphatic carbocycles. The van der Waals surface area contributed by atoms with E-state index in [1.165, 1.54) is 0 Å². The number of H-pyrrole nitrogens is 1. The molecule has 1 atom stereocenters. The molecule has 0 saturated heterocycles. The first-order chi connectivity index (χ1) is 12.0. The average Bonchev–Trinajstić information content (AvgIpc) is 2.49. The van der Waals surface area contributed by atoms with Gasteiger partial charge in [-0.2, -0.15) is 0 Å². The molecule has 0 fully saturated rings. The van der Waals surface area contributed by atoms with Crippen molar-refractivity contribution >= 4 is 5.97 Å². The van der Waals surface area contributed by atoms with Crippen LogP contribution in [0.4, 0.5) is 0 Å². The minimum atomic E-state index is -1.03. The van der Waals surface area contributed by atoms with Crippen molar-refractivity contribution < 1.29 is 9.53 Å². The van der Waals surface area contributed by atoms with Crippen molar-refractivity contribution in [2.45, 2.75) is 53.2 Å². The summed E-state index contributed by atoms with van der Waals surface area (Å²) < 4.78 is 6.39. The van der Waals surface area contributed by atoms with Gasteiger partial charge in [-0.3, -0.25) is 9.78 Å². The molecule has 1 N–H and O–H groups in total. The van der Waals surface area contributed by atoms with Crippen LogP contribution in [0.3, 0.4) is 0 Å². The zero-order valence-corrected chi connectivity index (χ0v) is 16.0. The maximum Gasteiger partial charge on any atom is 0.330 e. The van der Waals surface area contributed by atoms with Gasteiger partial charge in [-0.05, 0) is 39.7 Å². The standard InChI is InChI=1S/C19H25N3O4/c1-11(2)15(17(24)26-19(4,5)6)22-16(23)14(12(3)21-18(22)25)13-8-7-9-20-10-13/h7-11,15H,1-6H3,(H,21,25). The molecule has 0 bridgehead atoms. The van der Waals surface area contributed by atoms with E-state index in [9.17, 15) is 14.4 Å². The predicted molar refractivity (Wildman–Crippen MR) is 99.0 cm³/mol. The van der Waals surface area contributed by atoms with Gasteiger partial charge in [0.1, 0.15) is 11.6 Å². The summed E-state index contributed by atoms with van der Waals surface area (Å²) in [6, 6.07) is 2.41. The van der Waals surface area contributed by atoms with Gasteiger partial charge in [0, 0.05) is 23.7 Å². The predicted octanol–water partition coefficient (Wildman–Crippen LogP) is 2.45. The molecule has 2 rings (SSSR count). The lowest BCUT2D eigenvalue weighted by molar-refractivity contribution is -0.160. The van der Waals surface area contributed by atoms with E-state index >= 15 is 0 Å². The summed E-state index contributed by atoms with van der Waals surface area (Å²) in [5, 5.41) is 0. The van der Waals surface area contributed by atoms with E-state index in [1.54, 1.807) is 66.1 Å². The third kappa shape index (κ3) is 4.09. The normalized spacial score (nSPS) is 12.9. The first-order valence-corrected chi connectivity index (χ1v) is 8.51. The van der Waals surface area contributed by atoms with Crippen LogP contribution in [0.15, 0.2) is 34.1 Å². The number of nitrogens with one attached hydrogen (secondary N) is 1. The number of hydrogen-bond acceptors (Lipinski definition) is 5. The Hall–Kier alpha value is -2.70. The lowest BCUT2D eigenvalue weighted by Crippen LogP contribution is -2.45. The molecular formula is C19H25N3O4. The lowest BCUT2D eigenvalue weighted by Gasteiger charge is -2.27. The molecule has 0 radical (unpaired) electrons. The van der Waals surface area contributed by atoms with Crippen molar-refractivity contribution in [1.82, 2.24) is 14.5 Å². The molecule has 2 aromatic heterocycles. The third-order valence-corrected chi connectivity index (χ3v) is 3.83. The Labute approximate surface area is 152 Å². The second-order valence-electron chi connectivity index (χ2n) is 7.57. The Morgan fingerprint density at radius 3 is 2.42 bits per heavy atom. The number of esters is 1. The number of aromatic nitrogens is 3. The summed E-state index contributed by atoms with van der Waals surface area (Å²) in [5.74, 6) is -0.922. The smallest absolute Gasteiger partial charge is 0.330 e. The molecule has 0 saturated carbocycles. The van der Waals surface area contributed by atoms with Crippen molar-refractivity contribution in [3.05, 3.63) is 51.1 Å². The SMILES string of the molecule is Cc1[nH]c(=O)n(C(C(=O)OC(C)(C)C)C(C)C)c(=O)c1-c1cccnc1. The number of carbonyl (C=O) groups is 1. The van der Waals surface area contributed by atoms with Crippen LogP contribution < -0.4 is 11.2 Å². The van der Waals surface area contributed by atoms with Gasteiger partial charge in [0.05, 0.1) is 5.56 Å². The van der Waals surface area contributed by atoms with Gasteiger partial charge in [0.15, 0.2) is 0 Å². The van der Waals surface area contributed by atoms with Crippen molar-refractivity contribution in [1.29, 1.82) is 0 Å². The molecule has 7 nitrogen and oxygen atoms in total. The van der Waals surface area contributed by atoms with Crippen molar-refractivity contribution in [2.75, 3.05) is 0 Å². The van der Waals surface area contributed by atoms with Gasteiger partial charge in [0.25, 0.3) is 5.56 Å². The van der Waals surface area contributed by atoms with Gasteiger partial charge in [-0.1, -0.05) is 19.9 Å². The molecule has 0 spiro atoms. The minimum absolute atomic E-state index is 0.312. The average molecular weight is 359 g/mol. The summed E-state index contributed by atoms with van der Waals surface area (Å²) in [6.45, 7) is 10.4. The molecule has 0 aromatic carbocycles. The molecule has 2 heterocycles. The largest absolute Gasteiger partial charge is 0.458 e. The number of aryl methyl sites for hydroxylation is 1. The highest BCUT2D eigenvalue weighted by atomic mass is 16.6. The number of hydrogen-bond donors (Lipinski definition) is 1. The molecule has 140 valence electrons. The number of carbonyl (C=O) groups excluding carboxylic acids is 1. The molecule has 0 aliphatic rings. The fourth-order valence-electron chi connectivity index (χ4n) is 2.80. The zero-order chi connectivity index (χ0) is 19.6. The maximum absolute atomic E-state index is 13.1. The van der Waals surface area contributed by atoms with Crippen LogP contribution in [0.25, 0.3) is 11.1 Å². The van der Waals surface area contributed by atoms with E-state index in [1.807, 2.05) is 0 Å². The van der Waals surface area contributed by atoms with Crippen molar-refractivity contribution in [2.24, 2.45) is 5.92 Å². The Bertz CT molecular complexity index is 905. The molecule has 2 aromatic rings. The van der Waals surface area contributed by atoms with Gasteiger partial charge >= 0.3 is 11.7 Å². The zero-order valence-electron chi connectivity index (χ0n) is 16.0. The lowest BCUT2D eigenvalue weighted by atomic mass is 10.0. The summed E-state index contributed by atoms with van der Waals surface area (Å²) in [5.41, 5.74) is -0.583. The second-order valence-corrected chi connectivity index (χ2v) is 7.57. The van der Waals surface area contributed by atoms with Crippen molar-refractivity contribution in [3.8, 4) is 11.1 Å². The van der Waals surface area contributed by atoms with E-state index in [4.69, 9.17) is 4.74 Å². The molecular weight excluding hydrogens is 334 g/mol. The third-order valence-electron chi connectivity index (χ3n) is 3.83. The van der Waals surface area contributed by atoms with Crippen molar-refractivity contribution in [3.63, 3.8) is 0 Å². The fraction of sp³-hybridized carbons (Fsp3) is 0.474. The number of rotatable bonds is 4. The Balaban J connectivity index is 2.69. The van der Waals surface area contributed by atoms with E-state index in [2.05, 4.69) is 9.97 Å². The fourth-order valence-corrected chi connectivity index (χ4v) is 2.80. The molecule has 1 unspecified atom stereocenters. The van der Waals surface area contributed by atoms with Gasteiger partial charge in [0.2, 0.25) is 0 Å². The Morgan fingerprint density at radius 2 is 1.92 bits per heavy atom. The van der Waals surface area contributed by atoms with Gasteiger partial charge in [-0.15, -0.1) is 0 Å². The van der Waals surface area contributed by atoms with Crippen LogP contribution in [0.1, 0.15) is 46.4 Å². The summed E-state index contributed by atoms with van der Waals surface area (Å²) in [6.07, 6.45) is 3.14. The maximum atomic E-state index is 13.1. The second kappa shape index (κ2) is 7.27. The molecule has 7 heteroatoms. The van der Waals surface area contributed by atoms with Crippen LogP contribution >= 0.6 is 0 Å². The molecule has 26 heavy (non-hydrogen) atoms. The quantitative estimate of drug-likeness (QED) is 0.846. The first kappa shape index (κ1) is 19.6. The van der Waals surface area contributed by atoms with E-state index in [0.29, 0.717) is 16.8 Å². The monoisotopic (exact) mass is 359 g/mol. The highest BCUT2D eigenvalue weighted by molar-refractivity contribution is 5.75. The van der Waals surface area contributed by atoms with Crippen LogP contribution in [-0.2, 0) is 9.53 Å². The van der Waals surface area contributed by atoms with Crippen LogP contribution in [0.2, 0.25) is 0 Å². The highest BCUT2D eigenvalue weighted by Gasteiger charge is 2.32. The van der Waals surface area contributed by atoms with Crippen LogP contribution in [0, 0.1) is 12.8 Å². The van der Waals surface area contributed by atoms with E-state index in [0.717, 1.165) is 4.57 Å². The Kier molecular flexibility index (Phi) is 5.49. The number of pyridine rings is 1. The molecule has 0 amide bonds. The number of nitrogens with zero attached hydrogens (tertiary/aromatic N) is 2. The number of ether oxygens (including phenoxy) is 1.